The number of rotatable bonds is 15. The van der Waals surface area contributed by atoms with Gasteiger partial charge in [0.05, 0.1) is 12.1 Å². The van der Waals surface area contributed by atoms with Gasteiger partial charge in [-0.3, -0.25) is 28.8 Å². The summed E-state index contributed by atoms with van der Waals surface area (Å²) in [5.41, 5.74) is 3.78. The van der Waals surface area contributed by atoms with E-state index in [2.05, 4.69) is 16.0 Å². The molecule has 0 unspecified atom stereocenters. The smallest absolute Gasteiger partial charge is 0.407 e. The second-order valence-electron chi connectivity index (χ2n) is 12.9. The molecule has 1 aliphatic heterocycles. The van der Waals surface area contributed by atoms with Gasteiger partial charge in [0.25, 0.3) is 5.78 Å². The van der Waals surface area contributed by atoms with Gasteiger partial charge in [0.15, 0.2) is 18.5 Å². The maximum absolute atomic E-state index is 13.7. The van der Waals surface area contributed by atoms with Crippen LogP contribution in [0.1, 0.15) is 58.6 Å². The lowest BCUT2D eigenvalue weighted by Gasteiger charge is -2.45. The first-order chi connectivity index (χ1) is 26.0. The van der Waals surface area contributed by atoms with E-state index in [4.69, 9.17) is 28.4 Å². The molecule has 8 atom stereocenters. The average molecular weight is 770 g/mol. The number of ether oxygens (including phenoxy) is 6. The second kappa shape index (κ2) is 18.4. The van der Waals surface area contributed by atoms with E-state index < -0.39 is 103 Å². The van der Waals surface area contributed by atoms with Crippen molar-refractivity contribution in [2.24, 2.45) is 0 Å². The molecule has 2 aliphatic rings. The van der Waals surface area contributed by atoms with Gasteiger partial charge in [-0.2, -0.15) is 0 Å². The van der Waals surface area contributed by atoms with Gasteiger partial charge < -0.3 is 49.5 Å². The van der Waals surface area contributed by atoms with E-state index in [0.717, 1.165) is 56.9 Å². The number of hydrogen-bond acceptors (Lipinski definition) is 14. The number of ketones is 1. The summed E-state index contributed by atoms with van der Waals surface area (Å²) in [5.74, 6) is -7.68. The normalized spacial score (nSPS) is 21.6. The number of aliphatic carboxylic acids is 1. The summed E-state index contributed by atoms with van der Waals surface area (Å²) < 4.78 is 33.7. The van der Waals surface area contributed by atoms with Crippen LogP contribution in [0.3, 0.4) is 0 Å². The van der Waals surface area contributed by atoms with Crippen LogP contribution < -0.4 is 16.0 Å². The summed E-state index contributed by atoms with van der Waals surface area (Å²) in [7, 11) is 0. The number of carboxylic acids is 1. The van der Waals surface area contributed by atoms with Crippen molar-refractivity contribution in [2.45, 2.75) is 96.3 Å². The number of amides is 3. The zero-order valence-electron chi connectivity index (χ0n) is 30.9. The van der Waals surface area contributed by atoms with Gasteiger partial charge in [0.2, 0.25) is 11.8 Å². The van der Waals surface area contributed by atoms with E-state index in [1.165, 1.54) is 6.92 Å². The summed E-state index contributed by atoms with van der Waals surface area (Å²) >= 11 is 0. The van der Waals surface area contributed by atoms with Crippen LogP contribution in [0, 0.1) is 0 Å². The fraction of sp³-hybridized carbons (Fsp3) is 0.459. The summed E-state index contributed by atoms with van der Waals surface area (Å²) in [6.45, 7) is 6.12. The van der Waals surface area contributed by atoms with Crippen molar-refractivity contribution in [1.82, 2.24) is 16.0 Å². The highest BCUT2D eigenvalue weighted by atomic mass is 16.7. The van der Waals surface area contributed by atoms with Crippen molar-refractivity contribution in [1.29, 1.82) is 0 Å². The Hall–Kier alpha value is -5.88. The molecule has 1 aliphatic carbocycles. The Morgan fingerprint density at radius 2 is 1.31 bits per heavy atom. The first kappa shape index (κ1) is 41.9. The van der Waals surface area contributed by atoms with E-state index >= 15 is 0 Å². The highest BCUT2D eigenvalue weighted by Crippen LogP contribution is 2.44. The molecule has 0 radical (unpaired) electrons. The molecular formula is C37H43N3O15. The standard InChI is InChI=1S/C37H43N3O15/c1-17(31(45)35(47)48)38-34(46)29(40-37(49)51-15-27-25-13-9-7-11-23(25)24-12-8-10-14-26(24)27)18(2)52-36-30(39-19(3)41)33(54-22(6)44)32(53-21(5)43)28(55-36)16-50-20(4)42/h7-14,17-18,27-30,32-33,36H,15-16H2,1-6H3,(H,38,46)(H,39,41)(H,40,49)(H,47,48)/t17-,18-,28+,29+,30+,32-,33+,36-/m0/s1. The van der Waals surface area contributed by atoms with Crippen LogP contribution in [-0.2, 0) is 62.0 Å². The highest BCUT2D eigenvalue weighted by molar-refractivity contribution is 6.35. The van der Waals surface area contributed by atoms with Crippen molar-refractivity contribution < 1.29 is 71.9 Å². The molecule has 4 rings (SSSR count). The molecule has 18 heteroatoms. The molecule has 55 heavy (non-hydrogen) atoms. The average Bonchev–Trinajstić information content (AvgIpc) is 3.43. The Morgan fingerprint density at radius 3 is 1.84 bits per heavy atom. The number of nitrogens with one attached hydrogen (secondary N) is 3. The van der Waals surface area contributed by atoms with Crippen LogP contribution in [-0.4, -0.2) is 115 Å². The van der Waals surface area contributed by atoms with Crippen molar-refractivity contribution >= 4 is 47.6 Å². The van der Waals surface area contributed by atoms with Crippen molar-refractivity contribution in [3.8, 4) is 11.1 Å². The van der Waals surface area contributed by atoms with Crippen molar-refractivity contribution in [2.75, 3.05) is 13.2 Å². The van der Waals surface area contributed by atoms with Crippen molar-refractivity contribution in [3.05, 3.63) is 59.7 Å². The van der Waals surface area contributed by atoms with E-state index in [1.807, 2.05) is 48.5 Å². The summed E-state index contributed by atoms with van der Waals surface area (Å²) in [5, 5.41) is 16.4. The Morgan fingerprint density at radius 1 is 0.745 bits per heavy atom. The predicted molar refractivity (Wildman–Crippen MR) is 187 cm³/mol. The first-order valence-corrected chi connectivity index (χ1v) is 17.2. The molecule has 0 spiro atoms. The molecular weight excluding hydrogens is 726 g/mol. The van der Waals surface area contributed by atoms with Crippen LogP contribution in [0.15, 0.2) is 48.5 Å². The van der Waals surface area contributed by atoms with E-state index in [9.17, 15) is 43.5 Å². The summed E-state index contributed by atoms with van der Waals surface area (Å²) in [6.07, 6.45) is -8.45. The van der Waals surface area contributed by atoms with Gasteiger partial charge >= 0.3 is 30.0 Å². The number of benzene rings is 2. The molecule has 2 aromatic carbocycles. The molecule has 0 saturated carbocycles. The fourth-order valence-corrected chi connectivity index (χ4v) is 6.41. The predicted octanol–water partition coefficient (Wildman–Crippen LogP) is 1.11. The Balaban J connectivity index is 1.63. The summed E-state index contributed by atoms with van der Waals surface area (Å²) in [6, 6.07) is 10.5. The lowest BCUT2D eigenvalue weighted by Crippen LogP contribution is -2.67. The number of alkyl carbamates (subject to hydrolysis) is 1. The number of esters is 3. The lowest BCUT2D eigenvalue weighted by molar-refractivity contribution is -0.287. The molecule has 296 valence electrons. The third-order valence-electron chi connectivity index (χ3n) is 8.75. The van der Waals surface area contributed by atoms with E-state index in [-0.39, 0.29) is 12.5 Å². The summed E-state index contributed by atoms with van der Waals surface area (Å²) in [4.78, 5) is 99.1. The van der Waals surface area contributed by atoms with Gasteiger partial charge in [-0.05, 0) is 36.1 Å². The first-order valence-electron chi connectivity index (χ1n) is 17.2. The Labute approximate surface area is 315 Å². The van der Waals surface area contributed by atoms with Gasteiger partial charge in [0, 0.05) is 33.6 Å². The maximum atomic E-state index is 13.7. The molecule has 0 aromatic heterocycles. The fourth-order valence-electron chi connectivity index (χ4n) is 6.41. The zero-order valence-corrected chi connectivity index (χ0v) is 30.9. The molecule has 2 aromatic rings. The minimum atomic E-state index is -1.82. The largest absolute Gasteiger partial charge is 0.475 e. The lowest BCUT2D eigenvalue weighted by atomic mass is 9.95. The molecule has 3 amide bonds. The van der Waals surface area contributed by atoms with E-state index in [1.54, 1.807) is 0 Å². The quantitative estimate of drug-likeness (QED) is 0.113. The van der Waals surface area contributed by atoms with Crippen LogP contribution >= 0.6 is 0 Å². The van der Waals surface area contributed by atoms with Crippen LogP contribution in [0.4, 0.5) is 4.79 Å². The molecule has 1 fully saturated rings. The third kappa shape index (κ3) is 10.6. The van der Waals surface area contributed by atoms with Gasteiger partial charge in [-0.1, -0.05) is 48.5 Å². The Kier molecular flexibility index (Phi) is 14.0. The van der Waals surface area contributed by atoms with Crippen LogP contribution in [0.25, 0.3) is 11.1 Å². The molecule has 1 saturated heterocycles. The van der Waals surface area contributed by atoms with Gasteiger partial charge in [-0.15, -0.1) is 0 Å². The maximum Gasteiger partial charge on any atom is 0.407 e. The number of carbonyl (C=O) groups is 8. The Bertz CT molecular complexity index is 1770. The number of carbonyl (C=O) groups excluding carboxylic acids is 7. The molecule has 4 N–H and O–H groups in total. The minimum Gasteiger partial charge on any atom is -0.475 e. The monoisotopic (exact) mass is 769 g/mol. The number of carboxylic acid groups (broad SMARTS) is 1. The topological polar surface area (TPSA) is 248 Å². The zero-order chi connectivity index (χ0) is 40.6. The molecule has 18 nitrogen and oxygen atoms in total. The van der Waals surface area contributed by atoms with E-state index in [0.29, 0.717) is 0 Å². The third-order valence-corrected chi connectivity index (χ3v) is 8.75. The number of fused-ring (bicyclic) bond motifs is 3. The number of hydrogen-bond donors (Lipinski definition) is 4. The minimum absolute atomic E-state index is 0.146. The van der Waals surface area contributed by atoms with Crippen LogP contribution in [0.2, 0.25) is 0 Å². The SMILES string of the molecule is CC(=O)N[C@H]1[C@@H](O[C@@H](C)[C@@H](NC(=O)OCC2c3ccccc3-c3ccccc32)C(=O)N[C@@H](C)C(=O)C(=O)O)O[C@H](COC(C)=O)[C@H](OC(C)=O)[C@@H]1OC(C)=O. The number of Topliss-reactive ketones (excluding diaryl/α,β-unsaturated/α-hetero) is 1. The molecule has 1 heterocycles. The van der Waals surface area contributed by atoms with Gasteiger partial charge in [-0.25, -0.2) is 9.59 Å². The van der Waals surface area contributed by atoms with Crippen LogP contribution in [0.5, 0.6) is 0 Å². The highest BCUT2D eigenvalue weighted by Gasteiger charge is 2.52. The molecule has 0 bridgehead atoms. The second-order valence-corrected chi connectivity index (χ2v) is 12.9. The van der Waals surface area contributed by atoms with Gasteiger partial charge in [0.1, 0.15) is 31.4 Å². The van der Waals surface area contributed by atoms with Crippen molar-refractivity contribution in [3.63, 3.8) is 0 Å².